The molecule has 2 heterocycles. The number of aromatic nitrogens is 2. The topological polar surface area (TPSA) is 39.1 Å². The Morgan fingerprint density at radius 2 is 2.05 bits per heavy atom. The lowest BCUT2D eigenvalue weighted by Gasteiger charge is -2.09. The number of ether oxygens (including phenoxy) is 1. The molecule has 1 N–H and O–H groups in total. The zero-order chi connectivity index (χ0) is 14.7. The molecule has 0 atom stereocenters. The van der Waals surface area contributed by atoms with Gasteiger partial charge < -0.3 is 10.1 Å². The van der Waals surface area contributed by atoms with E-state index in [2.05, 4.69) is 29.1 Å². The molecule has 0 fully saturated rings. The highest BCUT2D eigenvalue weighted by molar-refractivity contribution is 5.54. The van der Waals surface area contributed by atoms with E-state index in [0.29, 0.717) is 0 Å². The van der Waals surface area contributed by atoms with Crippen molar-refractivity contribution in [2.75, 3.05) is 19.0 Å². The van der Waals surface area contributed by atoms with E-state index >= 15 is 0 Å². The van der Waals surface area contributed by atoms with Gasteiger partial charge in [0.05, 0.1) is 18.5 Å². The molecule has 1 aromatic carbocycles. The average molecular weight is 285 g/mol. The quantitative estimate of drug-likeness (QED) is 0.933. The Morgan fingerprint density at radius 3 is 2.76 bits per heavy atom. The van der Waals surface area contributed by atoms with E-state index in [1.807, 2.05) is 12.1 Å². The average Bonchev–Trinajstić information content (AvgIpc) is 2.71. The van der Waals surface area contributed by atoms with Crippen LogP contribution in [0.25, 0.3) is 5.69 Å². The van der Waals surface area contributed by atoms with Crippen LogP contribution in [0.5, 0.6) is 5.75 Å². The van der Waals surface area contributed by atoms with Crippen LogP contribution in [0.3, 0.4) is 0 Å². The van der Waals surface area contributed by atoms with Crippen molar-refractivity contribution in [3.05, 3.63) is 35.5 Å². The molecule has 0 aliphatic carbocycles. The summed E-state index contributed by atoms with van der Waals surface area (Å²) in [6, 6.07) is 8.10. The third-order valence-electron chi connectivity index (χ3n) is 4.02. The molecule has 2 aromatic rings. The molecule has 4 nitrogen and oxygen atoms in total. The summed E-state index contributed by atoms with van der Waals surface area (Å²) in [6.45, 7) is 3.24. The number of nitrogens with zero attached hydrogens (tertiary/aromatic N) is 2. The Kier molecular flexibility index (Phi) is 4.13. The first-order chi connectivity index (χ1) is 10.3. The van der Waals surface area contributed by atoms with Crippen molar-refractivity contribution in [2.24, 2.45) is 0 Å². The summed E-state index contributed by atoms with van der Waals surface area (Å²) >= 11 is 0. The summed E-state index contributed by atoms with van der Waals surface area (Å²) in [5, 5.41) is 8.43. The molecule has 0 spiro atoms. The highest BCUT2D eigenvalue weighted by Crippen LogP contribution is 2.29. The van der Waals surface area contributed by atoms with Crippen LogP contribution in [-0.2, 0) is 12.8 Å². The Balaban J connectivity index is 2.04. The lowest BCUT2D eigenvalue weighted by atomic mass is 10.1. The number of hydrogen-bond donors (Lipinski definition) is 1. The van der Waals surface area contributed by atoms with Crippen LogP contribution in [0.15, 0.2) is 24.3 Å². The number of methoxy groups -OCH3 is 1. The van der Waals surface area contributed by atoms with Gasteiger partial charge in [0.1, 0.15) is 11.6 Å². The first-order valence-electron chi connectivity index (χ1n) is 7.82. The standard InChI is InChI=1S/C17H23N3O/c1-3-6-16-15-7-4-5-12-18-17(15)20(19-16)13-8-10-14(21-2)11-9-13/h8-11,18H,3-7,12H2,1-2H3. The van der Waals surface area contributed by atoms with Gasteiger partial charge in [-0.05, 0) is 49.9 Å². The van der Waals surface area contributed by atoms with E-state index in [0.717, 1.165) is 37.2 Å². The lowest BCUT2D eigenvalue weighted by Crippen LogP contribution is -2.07. The molecule has 0 saturated heterocycles. The lowest BCUT2D eigenvalue weighted by molar-refractivity contribution is 0.414. The van der Waals surface area contributed by atoms with Crippen LogP contribution in [0.2, 0.25) is 0 Å². The fourth-order valence-corrected chi connectivity index (χ4v) is 2.92. The largest absolute Gasteiger partial charge is 0.497 e. The van der Waals surface area contributed by atoms with Crippen molar-refractivity contribution in [3.8, 4) is 11.4 Å². The number of benzene rings is 1. The molecule has 0 saturated carbocycles. The maximum Gasteiger partial charge on any atom is 0.133 e. The van der Waals surface area contributed by atoms with Crippen LogP contribution >= 0.6 is 0 Å². The molecule has 0 unspecified atom stereocenters. The summed E-state index contributed by atoms with van der Waals surface area (Å²) in [4.78, 5) is 0. The van der Waals surface area contributed by atoms with Gasteiger partial charge >= 0.3 is 0 Å². The second-order valence-corrected chi connectivity index (χ2v) is 5.52. The van der Waals surface area contributed by atoms with Gasteiger partial charge in [-0.3, -0.25) is 0 Å². The second-order valence-electron chi connectivity index (χ2n) is 5.52. The minimum atomic E-state index is 0.874. The third-order valence-corrected chi connectivity index (χ3v) is 4.02. The van der Waals surface area contributed by atoms with Gasteiger partial charge in [0, 0.05) is 12.1 Å². The highest BCUT2D eigenvalue weighted by Gasteiger charge is 2.19. The summed E-state index contributed by atoms with van der Waals surface area (Å²) in [7, 11) is 1.69. The molecule has 1 aromatic heterocycles. The van der Waals surface area contributed by atoms with Crippen LogP contribution in [0.1, 0.15) is 37.4 Å². The fourth-order valence-electron chi connectivity index (χ4n) is 2.92. The third kappa shape index (κ3) is 2.75. The van der Waals surface area contributed by atoms with Crippen molar-refractivity contribution in [1.29, 1.82) is 0 Å². The number of aryl methyl sites for hydroxylation is 1. The van der Waals surface area contributed by atoms with Crippen molar-refractivity contribution in [2.45, 2.75) is 39.0 Å². The summed E-state index contributed by atoms with van der Waals surface area (Å²) in [6.07, 6.45) is 5.78. The van der Waals surface area contributed by atoms with Crippen molar-refractivity contribution >= 4 is 5.82 Å². The number of nitrogens with one attached hydrogen (secondary N) is 1. The smallest absolute Gasteiger partial charge is 0.133 e. The van der Waals surface area contributed by atoms with E-state index < -0.39 is 0 Å². The number of anilines is 1. The molecule has 21 heavy (non-hydrogen) atoms. The second kappa shape index (κ2) is 6.20. The van der Waals surface area contributed by atoms with Crippen LogP contribution in [0, 0.1) is 0 Å². The summed E-state index contributed by atoms with van der Waals surface area (Å²) in [5.41, 5.74) is 3.74. The molecule has 112 valence electrons. The molecule has 1 aliphatic heterocycles. The molecule has 4 heteroatoms. The van der Waals surface area contributed by atoms with Crippen LogP contribution in [-0.4, -0.2) is 23.4 Å². The minimum Gasteiger partial charge on any atom is -0.497 e. The molecular weight excluding hydrogens is 262 g/mol. The monoisotopic (exact) mass is 285 g/mol. The SMILES string of the molecule is CCCc1nn(-c2ccc(OC)cc2)c2c1CCCCN2. The van der Waals surface area contributed by atoms with Gasteiger partial charge in [-0.25, -0.2) is 4.68 Å². The van der Waals surface area contributed by atoms with Crippen LogP contribution < -0.4 is 10.1 Å². The Hall–Kier alpha value is -1.97. The maximum atomic E-state index is 5.24. The van der Waals surface area contributed by atoms with Crippen molar-refractivity contribution in [3.63, 3.8) is 0 Å². The van der Waals surface area contributed by atoms with E-state index in [4.69, 9.17) is 9.84 Å². The highest BCUT2D eigenvalue weighted by atomic mass is 16.5. The zero-order valence-electron chi connectivity index (χ0n) is 12.9. The number of rotatable bonds is 4. The van der Waals surface area contributed by atoms with Gasteiger partial charge in [-0.15, -0.1) is 0 Å². The molecule has 1 aliphatic rings. The predicted molar refractivity (Wildman–Crippen MR) is 85.5 cm³/mol. The normalized spacial score (nSPS) is 14.2. The number of hydrogen-bond acceptors (Lipinski definition) is 3. The van der Waals surface area contributed by atoms with E-state index in [1.165, 1.54) is 29.9 Å². The summed E-state index contributed by atoms with van der Waals surface area (Å²) < 4.78 is 7.30. The van der Waals surface area contributed by atoms with Crippen molar-refractivity contribution < 1.29 is 4.74 Å². The molecule has 0 radical (unpaired) electrons. The van der Waals surface area contributed by atoms with E-state index in [-0.39, 0.29) is 0 Å². The molecule has 0 bridgehead atoms. The van der Waals surface area contributed by atoms with Crippen molar-refractivity contribution in [1.82, 2.24) is 9.78 Å². The molecule has 3 rings (SSSR count). The van der Waals surface area contributed by atoms with Crippen LogP contribution in [0.4, 0.5) is 5.82 Å². The van der Waals surface area contributed by atoms with E-state index in [9.17, 15) is 0 Å². The van der Waals surface area contributed by atoms with E-state index in [1.54, 1.807) is 7.11 Å². The zero-order valence-corrected chi connectivity index (χ0v) is 12.9. The van der Waals surface area contributed by atoms with Gasteiger partial charge in [0.25, 0.3) is 0 Å². The predicted octanol–water partition coefficient (Wildman–Crippen LogP) is 3.58. The first kappa shape index (κ1) is 14.0. The Bertz CT molecular complexity index is 601. The van der Waals surface area contributed by atoms with Gasteiger partial charge in [0.15, 0.2) is 0 Å². The molecular formula is C17H23N3O. The van der Waals surface area contributed by atoms with Gasteiger partial charge in [-0.1, -0.05) is 13.3 Å². The first-order valence-corrected chi connectivity index (χ1v) is 7.82. The number of fused-ring (bicyclic) bond motifs is 1. The fraction of sp³-hybridized carbons (Fsp3) is 0.471. The molecule has 0 amide bonds. The minimum absolute atomic E-state index is 0.874. The van der Waals surface area contributed by atoms with Gasteiger partial charge in [0.2, 0.25) is 0 Å². The van der Waals surface area contributed by atoms with Gasteiger partial charge in [-0.2, -0.15) is 5.10 Å². The maximum absolute atomic E-state index is 5.24. The summed E-state index contributed by atoms with van der Waals surface area (Å²) in [5.74, 6) is 2.06. The Labute approximate surface area is 126 Å². The Morgan fingerprint density at radius 1 is 1.24 bits per heavy atom.